The second-order valence-corrected chi connectivity index (χ2v) is 20.2. The van der Waals surface area contributed by atoms with E-state index in [1.807, 2.05) is 30.4 Å². The molecule has 6 unspecified atom stereocenters. The molecule has 0 bridgehead atoms. The van der Waals surface area contributed by atoms with Crippen LogP contribution in [0.15, 0.2) is 146 Å². The van der Waals surface area contributed by atoms with Crippen LogP contribution in [-0.2, 0) is 42.9 Å². The van der Waals surface area contributed by atoms with E-state index in [9.17, 15) is 34.5 Å². The Morgan fingerprint density at radius 3 is 1.30 bits per heavy atom. The average Bonchev–Trinajstić information content (AvgIpc) is 3.53. The van der Waals surface area contributed by atoms with Crippen LogP contribution in [0.2, 0.25) is 0 Å². The van der Waals surface area contributed by atoms with Gasteiger partial charge in [0.1, 0.15) is 18.8 Å². The van der Waals surface area contributed by atoms with E-state index in [4.69, 9.17) is 23.7 Å². The zero-order chi connectivity index (χ0) is 58.9. The molecule has 6 atom stereocenters. The van der Waals surface area contributed by atoms with Gasteiger partial charge in [0.2, 0.25) is 0 Å². The molecule has 1 aliphatic rings. The normalized spacial score (nSPS) is 18.8. The lowest BCUT2D eigenvalue weighted by Crippen LogP contribution is -2.61. The fourth-order valence-electron chi connectivity index (χ4n) is 8.29. The second-order valence-electron chi connectivity index (χ2n) is 20.2. The Morgan fingerprint density at radius 1 is 0.432 bits per heavy atom. The van der Waals surface area contributed by atoms with Crippen molar-refractivity contribution in [2.45, 2.75) is 250 Å². The highest BCUT2D eigenvalue weighted by atomic mass is 16.7. The Morgan fingerprint density at radius 2 is 0.840 bits per heavy atom. The van der Waals surface area contributed by atoms with Crippen LogP contribution in [0.5, 0.6) is 0 Å². The zero-order valence-corrected chi connectivity index (χ0v) is 50.0. The second kappa shape index (κ2) is 55.2. The molecule has 81 heavy (non-hydrogen) atoms. The first-order chi connectivity index (χ1) is 39.6. The summed E-state index contributed by atoms with van der Waals surface area (Å²) in [5.74, 6) is -3.43. The quantitative estimate of drug-likeness (QED) is 0.0228. The van der Waals surface area contributed by atoms with E-state index in [1.54, 1.807) is 6.08 Å². The molecule has 0 spiro atoms. The number of aliphatic hydroxyl groups is 2. The van der Waals surface area contributed by atoms with Gasteiger partial charge in [0, 0.05) is 12.8 Å². The largest absolute Gasteiger partial charge is 0.479 e. The van der Waals surface area contributed by atoms with Crippen molar-refractivity contribution in [1.29, 1.82) is 0 Å². The lowest BCUT2D eigenvalue weighted by molar-refractivity contribution is -0.301. The molecule has 0 radical (unpaired) electrons. The number of aliphatic carboxylic acids is 1. The minimum atomic E-state index is -1.94. The van der Waals surface area contributed by atoms with Crippen molar-refractivity contribution in [3.05, 3.63) is 146 Å². The maximum absolute atomic E-state index is 13.1. The van der Waals surface area contributed by atoms with Gasteiger partial charge in [-0.25, -0.2) is 4.79 Å². The Hall–Kier alpha value is -5.40. The molecule has 0 saturated carbocycles. The van der Waals surface area contributed by atoms with Crippen molar-refractivity contribution in [3.8, 4) is 0 Å². The summed E-state index contributed by atoms with van der Waals surface area (Å²) in [5.41, 5.74) is 0. The monoisotopic (exact) mass is 1130 g/mol. The van der Waals surface area contributed by atoms with Crippen LogP contribution >= 0.6 is 0 Å². The number of aliphatic hydroxyl groups excluding tert-OH is 2. The number of carbonyl (C=O) groups is 4. The number of carboxylic acids is 1. The van der Waals surface area contributed by atoms with Crippen LogP contribution in [0.1, 0.15) is 213 Å². The van der Waals surface area contributed by atoms with Crippen LogP contribution in [-0.4, -0.2) is 89.2 Å². The van der Waals surface area contributed by atoms with Gasteiger partial charge in [-0.3, -0.25) is 14.4 Å². The predicted octanol–water partition coefficient (Wildman–Crippen LogP) is 16.3. The third kappa shape index (κ3) is 44.9. The van der Waals surface area contributed by atoms with E-state index in [2.05, 4.69) is 130 Å². The molecule has 0 aromatic heterocycles. The smallest absolute Gasteiger partial charge is 0.335 e. The number of esters is 3. The third-order valence-electron chi connectivity index (χ3n) is 12.9. The van der Waals surface area contributed by atoms with Gasteiger partial charge in [-0.1, -0.05) is 231 Å². The minimum Gasteiger partial charge on any atom is -0.479 e. The van der Waals surface area contributed by atoms with Crippen LogP contribution in [0.25, 0.3) is 0 Å². The van der Waals surface area contributed by atoms with Crippen molar-refractivity contribution in [2.24, 2.45) is 0 Å². The average molecular weight is 1130 g/mol. The number of carboxylic acid groups (broad SMARTS) is 1. The van der Waals surface area contributed by atoms with Crippen LogP contribution in [0.4, 0.5) is 0 Å². The van der Waals surface area contributed by atoms with Gasteiger partial charge in [0.25, 0.3) is 0 Å². The SMILES string of the molecule is CC/C=C\C/C=C\C/C=C\C/C=C\C/C=C\C/C=C\CCC(=O)OCC(COC1OC(C(=O)O)C(O)C(O)C1OC(=O)CCCCCCCCC/C=C\CCCCCCCC)OC(=O)C/C=C\C/C=C\C/C=C\C/C=C\C/C=C\CC. The topological polar surface area (TPSA) is 175 Å². The molecule has 12 heteroatoms. The minimum absolute atomic E-state index is 0.0301. The summed E-state index contributed by atoms with van der Waals surface area (Å²) >= 11 is 0. The van der Waals surface area contributed by atoms with Gasteiger partial charge < -0.3 is 39.0 Å². The first-order valence-corrected chi connectivity index (χ1v) is 30.8. The number of ether oxygens (including phenoxy) is 5. The Labute approximate surface area is 489 Å². The molecule has 1 saturated heterocycles. The third-order valence-corrected chi connectivity index (χ3v) is 12.9. The molecule has 1 heterocycles. The van der Waals surface area contributed by atoms with E-state index < -0.39 is 73.9 Å². The molecule has 0 amide bonds. The molecule has 1 fully saturated rings. The molecular formula is C69H106O12. The highest BCUT2D eigenvalue weighted by molar-refractivity contribution is 5.74. The van der Waals surface area contributed by atoms with Crippen LogP contribution in [0.3, 0.4) is 0 Å². The number of hydrogen-bond donors (Lipinski definition) is 3. The van der Waals surface area contributed by atoms with Gasteiger partial charge in [-0.15, -0.1) is 0 Å². The number of allylic oxidation sites excluding steroid dienone is 23. The Balaban J connectivity index is 2.78. The summed E-state index contributed by atoms with van der Waals surface area (Å²) in [7, 11) is 0. The molecule has 1 rings (SSSR count). The number of rotatable bonds is 50. The summed E-state index contributed by atoms with van der Waals surface area (Å²) in [5, 5.41) is 31.5. The summed E-state index contributed by atoms with van der Waals surface area (Å²) in [6.07, 6.45) is 67.1. The predicted molar refractivity (Wildman–Crippen MR) is 330 cm³/mol. The number of carbonyl (C=O) groups excluding carboxylic acids is 3. The summed E-state index contributed by atoms with van der Waals surface area (Å²) < 4.78 is 28.2. The molecule has 454 valence electrons. The van der Waals surface area contributed by atoms with E-state index in [0.29, 0.717) is 25.7 Å². The maximum atomic E-state index is 13.1. The molecule has 0 aromatic carbocycles. The zero-order valence-electron chi connectivity index (χ0n) is 50.0. The van der Waals surface area contributed by atoms with Crippen molar-refractivity contribution >= 4 is 23.9 Å². The Bertz CT molecular complexity index is 1960. The van der Waals surface area contributed by atoms with Gasteiger partial charge in [-0.2, -0.15) is 0 Å². The Kier molecular flexibility index (Phi) is 50.1. The molecular weight excluding hydrogens is 1020 g/mol. The highest BCUT2D eigenvalue weighted by Gasteiger charge is 2.50. The standard InChI is InChI=1S/C69H106O12/c1-4-7-10-13-16-19-22-25-28-30-31-33-35-37-40-43-46-49-52-55-61(70)77-58-60(79-62(71)56-53-50-47-44-41-38-34-27-24-21-18-15-12-9-6-3)59-78-69-67(65(74)64(73)66(81-69)68(75)76)80-63(72)57-54-51-48-45-42-39-36-32-29-26-23-20-17-14-11-8-5-2/h7,9-10,12,16,18-19,21,25-29,31,33-34,37,40-41,44,46,49-50,53,60,64-67,69,73-74H,4-6,8,11,13-15,17,20,22-24,30,32,35-36,38-39,42-43,45,47-48,51-52,54-59H2,1-3H3,(H,75,76)/b10-7-,12-9-,19-16-,21-18-,28-25-,29-26-,33-31-,34-27-,40-37-,44-41-,49-46-,53-50-. The molecule has 1 aliphatic heterocycles. The number of hydrogen-bond acceptors (Lipinski definition) is 11. The molecule has 0 aromatic rings. The molecule has 3 N–H and O–H groups in total. The molecule has 12 nitrogen and oxygen atoms in total. The van der Waals surface area contributed by atoms with Crippen LogP contribution in [0, 0.1) is 0 Å². The summed E-state index contributed by atoms with van der Waals surface area (Å²) in [6.45, 7) is 5.60. The summed E-state index contributed by atoms with van der Waals surface area (Å²) in [4.78, 5) is 51.1. The van der Waals surface area contributed by atoms with E-state index in [1.165, 1.54) is 38.5 Å². The van der Waals surface area contributed by atoms with Crippen molar-refractivity contribution < 1.29 is 58.2 Å². The highest BCUT2D eigenvalue weighted by Crippen LogP contribution is 2.26. The van der Waals surface area contributed by atoms with E-state index >= 15 is 0 Å². The lowest BCUT2D eigenvalue weighted by Gasteiger charge is -2.40. The maximum Gasteiger partial charge on any atom is 0.335 e. The van der Waals surface area contributed by atoms with Gasteiger partial charge in [-0.05, 0) is 109 Å². The summed E-state index contributed by atoms with van der Waals surface area (Å²) in [6, 6.07) is 0. The first kappa shape index (κ1) is 73.6. The number of unbranched alkanes of at least 4 members (excludes halogenated alkanes) is 13. The van der Waals surface area contributed by atoms with Gasteiger partial charge in [0.15, 0.2) is 24.6 Å². The first-order valence-electron chi connectivity index (χ1n) is 30.8. The van der Waals surface area contributed by atoms with Crippen molar-refractivity contribution in [1.82, 2.24) is 0 Å². The van der Waals surface area contributed by atoms with Crippen molar-refractivity contribution in [3.63, 3.8) is 0 Å². The van der Waals surface area contributed by atoms with Crippen molar-refractivity contribution in [2.75, 3.05) is 13.2 Å². The molecule has 0 aliphatic carbocycles. The van der Waals surface area contributed by atoms with E-state index in [-0.39, 0.29) is 19.3 Å². The van der Waals surface area contributed by atoms with Crippen LogP contribution < -0.4 is 0 Å². The van der Waals surface area contributed by atoms with Gasteiger partial charge in [0.05, 0.1) is 13.0 Å². The lowest BCUT2D eigenvalue weighted by atomic mass is 9.98. The fraction of sp³-hybridized carbons (Fsp3) is 0.594. The fourth-order valence-corrected chi connectivity index (χ4v) is 8.29. The van der Waals surface area contributed by atoms with E-state index in [0.717, 1.165) is 109 Å². The van der Waals surface area contributed by atoms with Gasteiger partial charge >= 0.3 is 23.9 Å².